The van der Waals surface area contributed by atoms with Crippen molar-refractivity contribution in [3.05, 3.63) is 59.7 Å². The summed E-state index contributed by atoms with van der Waals surface area (Å²) in [5.41, 5.74) is 3.07. The highest BCUT2D eigenvalue weighted by Gasteiger charge is 2.12. The monoisotopic (exact) mass is 412 g/mol. The summed E-state index contributed by atoms with van der Waals surface area (Å²) in [5.74, 6) is -0.759. The van der Waals surface area contributed by atoms with Crippen molar-refractivity contribution in [3.8, 4) is 0 Å². The van der Waals surface area contributed by atoms with Gasteiger partial charge in [0, 0.05) is 50.4 Å². The molecule has 0 heterocycles. The van der Waals surface area contributed by atoms with Crippen LogP contribution in [0.3, 0.4) is 0 Å². The molecule has 30 heavy (non-hydrogen) atoms. The smallest absolute Gasteiger partial charge is 0.302 e. The number of carbonyl (C=O) groups is 3. The van der Waals surface area contributed by atoms with Crippen molar-refractivity contribution in [3.63, 3.8) is 0 Å². The minimum Gasteiger partial charge on any atom is -0.464 e. The quantitative estimate of drug-likeness (QED) is 0.439. The molecule has 7 nitrogen and oxygen atoms in total. The average molecular weight is 412 g/mol. The topological polar surface area (TPSA) is 76.1 Å². The molecule has 0 aliphatic rings. The van der Waals surface area contributed by atoms with E-state index in [1.165, 1.54) is 13.8 Å². The van der Waals surface area contributed by atoms with Gasteiger partial charge in [0.05, 0.1) is 13.1 Å². The lowest BCUT2D eigenvalue weighted by Crippen LogP contribution is -2.31. The summed E-state index contributed by atoms with van der Waals surface area (Å²) in [6.45, 7) is 4.03. The van der Waals surface area contributed by atoms with Gasteiger partial charge < -0.3 is 19.3 Å². The van der Waals surface area contributed by atoms with Crippen LogP contribution in [-0.2, 0) is 19.1 Å². The number of carbonyl (C=O) groups excluding carboxylic acids is 3. The molecule has 7 heteroatoms. The maximum Gasteiger partial charge on any atom is 0.302 e. The van der Waals surface area contributed by atoms with E-state index in [9.17, 15) is 14.4 Å². The second kappa shape index (κ2) is 11.0. The fraction of sp³-hybridized carbons (Fsp3) is 0.348. The fourth-order valence-electron chi connectivity index (χ4n) is 2.87. The van der Waals surface area contributed by atoms with Gasteiger partial charge in [0.2, 0.25) is 0 Å². The molecule has 2 aromatic carbocycles. The van der Waals surface area contributed by atoms with Crippen molar-refractivity contribution >= 4 is 29.1 Å². The lowest BCUT2D eigenvalue weighted by Gasteiger charge is -2.24. The Kier molecular flexibility index (Phi) is 8.41. The zero-order valence-corrected chi connectivity index (χ0v) is 17.9. The van der Waals surface area contributed by atoms with Crippen LogP contribution in [0.4, 0.5) is 11.4 Å². The number of anilines is 2. The third-order valence-corrected chi connectivity index (χ3v) is 4.47. The summed E-state index contributed by atoms with van der Waals surface area (Å²) in [7, 11) is 3.90. The van der Waals surface area contributed by atoms with Crippen LogP contribution < -0.4 is 9.80 Å². The first kappa shape index (κ1) is 22.9. The Labute approximate surface area is 177 Å². The highest BCUT2D eigenvalue weighted by atomic mass is 16.5. The summed E-state index contributed by atoms with van der Waals surface area (Å²) >= 11 is 0. The highest BCUT2D eigenvalue weighted by Crippen LogP contribution is 2.19. The Hall–Kier alpha value is -3.35. The van der Waals surface area contributed by atoms with Crippen molar-refractivity contribution in [2.75, 3.05) is 50.2 Å². The van der Waals surface area contributed by atoms with Gasteiger partial charge in [-0.2, -0.15) is 0 Å². The third-order valence-electron chi connectivity index (χ3n) is 4.47. The van der Waals surface area contributed by atoms with Gasteiger partial charge in [-0.25, -0.2) is 0 Å². The van der Waals surface area contributed by atoms with E-state index >= 15 is 0 Å². The molecule has 0 saturated carbocycles. The van der Waals surface area contributed by atoms with Gasteiger partial charge in [-0.1, -0.05) is 0 Å². The predicted molar refractivity (Wildman–Crippen MR) is 116 cm³/mol. The summed E-state index contributed by atoms with van der Waals surface area (Å²) in [6, 6.07) is 14.7. The fourth-order valence-corrected chi connectivity index (χ4v) is 2.87. The molecule has 2 aromatic rings. The number of rotatable bonds is 10. The van der Waals surface area contributed by atoms with E-state index in [1.54, 1.807) is 12.1 Å². The lowest BCUT2D eigenvalue weighted by atomic mass is 10.0. The molecular formula is C23H28N2O5. The number of esters is 2. The zero-order chi connectivity index (χ0) is 22.1. The predicted octanol–water partition coefficient (Wildman–Crippen LogP) is 2.92. The first-order valence-corrected chi connectivity index (χ1v) is 9.71. The molecular weight excluding hydrogens is 384 g/mol. The SMILES string of the molecule is CC(=O)OCCN(CCOC(C)=O)c1ccc(C(=O)c2ccc(N(C)C)cc2)cc1. The molecule has 0 N–H and O–H groups in total. The van der Waals surface area contributed by atoms with Gasteiger partial charge in [-0.05, 0) is 48.5 Å². The van der Waals surface area contributed by atoms with Gasteiger partial charge in [-0.15, -0.1) is 0 Å². The summed E-state index contributed by atoms with van der Waals surface area (Å²) in [5, 5.41) is 0. The van der Waals surface area contributed by atoms with Crippen LogP contribution in [0, 0.1) is 0 Å². The number of hydrogen-bond acceptors (Lipinski definition) is 7. The molecule has 2 rings (SSSR count). The highest BCUT2D eigenvalue weighted by molar-refractivity contribution is 6.09. The Morgan fingerprint density at radius 3 is 1.47 bits per heavy atom. The Morgan fingerprint density at radius 2 is 1.10 bits per heavy atom. The molecule has 0 fully saturated rings. The molecule has 0 atom stereocenters. The number of ether oxygens (including phenoxy) is 2. The molecule has 0 aromatic heterocycles. The minimum absolute atomic E-state index is 0.0572. The molecule has 0 spiro atoms. The van der Waals surface area contributed by atoms with Gasteiger partial charge in [0.25, 0.3) is 0 Å². The van der Waals surface area contributed by atoms with Crippen LogP contribution >= 0.6 is 0 Å². The second-order valence-electron chi connectivity index (χ2n) is 6.98. The number of benzene rings is 2. The van der Waals surface area contributed by atoms with Crippen LogP contribution in [0.15, 0.2) is 48.5 Å². The van der Waals surface area contributed by atoms with E-state index in [1.807, 2.05) is 60.3 Å². The van der Waals surface area contributed by atoms with Crippen LogP contribution in [-0.4, -0.2) is 58.1 Å². The number of ketones is 1. The normalized spacial score (nSPS) is 10.3. The lowest BCUT2D eigenvalue weighted by molar-refractivity contribution is -0.141. The van der Waals surface area contributed by atoms with Crippen molar-refractivity contribution in [2.45, 2.75) is 13.8 Å². The van der Waals surface area contributed by atoms with Crippen molar-refractivity contribution < 1.29 is 23.9 Å². The van der Waals surface area contributed by atoms with E-state index in [-0.39, 0.29) is 30.9 Å². The largest absolute Gasteiger partial charge is 0.464 e. The molecule has 0 amide bonds. The molecule has 0 aliphatic heterocycles. The molecule has 0 bridgehead atoms. The van der Waals surface area contributed by atoms with E-state index < -0.39 is 0 Å². The van der Waals surface area contributed by atoms with E-state index in [4.69, 9.17) is 9.47 Å². The maximum atomic E-state index is 12.8. The van der Waals surface area contributed by atoms with E-state index in [0.29, 0.717) is 24.2 Å². The zero-order valence-electron chi connectivity index (χ0n) is 17.9. The Morgan fingerprint density at radius 1 is 0.700 bits per heavy atom. The Bertz CT molecular complexity index is 840. The standard InChI is InChI=1S/C23H28N2O5/c1-17(26)29-15-13-25(14-16-30-18(2)27)22-11-7-20(8-12-22)23(28)19-5-9-21(10-6-19)24(3)4/h5-12H,13-16H2,1-4H3. The summed E-state index contributed by atoms with van der Waals surface area (Å²) in [4.78, 5) is 38.7. The first-order valence-electron chi connectivity index (χ1n) is 9.71. The number of hydrogen-bond donors (Lipinski definition) is 0. The van der Waals surface area contributed by atoms with Crippen LogP contribution in [0.5, 0.6) is 0 Å². The second-order valence-corrected chi connectivity index (χ2v) is 6.98. The molecule has 160 valence electrons. The van der Waals surface area contributed by atoms with Gasteiger partial charge >= 0.3 is 11.9 Å². The first-order chi connectivity index (χ1) is 14.3. The third kappa shape index (κ3) is 6.92. The van der Waals surface area contributed by atoms with Gasteiger partial charge in [0.1, 0.15) is 13.2 Å². The maximum absolute atomic E-state index is 12.8. The molecule has 0 aliphatic carbocycles. The van der Waals surface area contributed by atoms with Gasteiger partial charge in [0.15, 0.2) is 5.78 Å². The Balaban J connectivity index is 2.10. The van der Waals surface area contributed by atoms with Gasteiger partial charge in [-0.3, -0.25) is 14.4 Å². The number of nitrogens with zero attached hydrogens (tertiary/aromatic N) is 2. The average Bonchev–Trinajstić information content (AvgIpc) is 2.72. The van der Waals surface area contributed by atoms with Crippen LogP contribution in [0.2, 0.25) is 0 Å². The van der Waals surface area contributed by atoms with Crippen molar-refractivity contribution in [2.24, 2.45) is 0 Å². The van der Waals surface area contributed by atoms with Crippen molar-refractivity contribution in [1.82, 2.24) is 0 Å². The summed E-state index contributed by atoms with van der Waals surface area (Å²) in [6.07, 6.45) is 0. The molecule has 0 saturated heterocycles. The van der Waals surface area contributed by atoms with E-state index in [2.05, 4.69) is 0 Å². The van der Waals surface area contributed by atoms with Crippen LogP contribution in [0.1, 0.15) is 29.8 Å². The minimum atomic E-state index is -0.351. The van der Waals surface area contributed by atoms with E-state index in [0.717, 1.165) is 11.4 Å². The van der Waals surface area contributed by atoms with Crippen LogP contribution in [0.25, 0.3) is 0 Å². The molecule has 0 radical (unpaired) electrons. The summed E-state index contributed by atoms with van der Waals surface area (Å²) < 4.78 is 10.0. The van der Waals surface area contributed by atoms with Crippen molar-refractivity contribution in [1.29, 1.82) is 0 Å². The molecule has 0 unspecified atom stereocenters.